The van der Waals surface area contributed by atoms with Gasteiger partial charge in [0.05, 0.1) is 0 Å². The molecule has 0 aliphatic carbocycles. The van der Waals surface area contributed by atoms with Gasteiger partial charge in [-0.1, -0.05) is 0 Å². The van der Waals surface area contributed by atoms with Gasteiger partial charge in [-0.15, -0.1) is 0 Å². The first-order valence-corrected chi connectivity index (χ1v) is 5.07. The minimum atomic E-state index is -1.12. The lowest BCUT2D eigenvalue weighted by Crippen LogP contribution is -2.30. The molecule has 90 valence electrons. The predicted molar refractivity (Wildman–Crippen MR) is 61.2 cm³/mol. The van der Waals surface area contributed by atoms with Crippen molar-refractivity contribution >= 4 is 17.0 Å². The van der Waals surface area contributed by atoms with Crippen LogP contribution in [0.1, 0.15) is 11.6 Å². The van der Waals surface area contributed by atoms with Gasteiger partial charge in [0.2, 0.25) is 0 Å². The van der Waals surface area contributed by atoms with Gasteiger partial charge in [-0.05, 0) is 23.8 Å². The number of rotatable bonds is 3. The van der Waals surface area contributed by atoms with Gasteiger partial charge < -0.3 is 21.1 Å². The largest absolute Gasteiger partial charge is 0.465 e. The Labute approximate surface area is 96.4 Å². The van der Waals surface area contributed by atoms with E-state index in [1.165, 1.54) is 12.1 Å². The van der Waals surface area contributed by atoms with Gasteiger partial charge in [-0.25, -0.2) is 9.18 Å². The van der Waals surface area contributed by atoms with Crippen molar-refractivity contribution in [3.63, 3.8) is 0 Å². The van der Waals surface area contributed by atoms with E-state index in [4.69, 9.17) is 10.8 Å². The summed E-state index contributed by atoms with van der Waals surface area (Å²) in [4.78, 5) is 13.3. The molecule has 0 saturated carbocycles. The second-order valence-electron chi connectivity index (χ2n) is 3.73. The number of amides is 1. The van der Waals surface area contributed by atoms with Crippen molar-refractivity contribution < 1.29 is 14.3 Å². The van der Waals surface area contributed by atoms with Crippen LogP contribution in [0, 0.1) is 5.82 Å². The Morgan fingerprint density at radius 3 is 3.06 bits per heavy atom. The summed E-state index contributed by atoms with van der Waals surface area (Å²) in [6.07, 6.45) is 0.546. The molecule has 1 unspecified atom stereocenters. The van der Waals surface area contributed by atoms with E-state index >= 15 is 0 Å². The van der Waals surface area contributed by atoms with E-state index in [0.717, 1.165) is 10.9 Å². The topological polar surface area (TPSA) is 91.1 Å². The zero-order valence-corrected chi connectivity index (χ0v) is 8.90. The number of halogens is 1. The molecular formula is C11H12FN3O2. The van der Waals surface area contributed by atoms with Crippen molar-refractivity contribution in [3.8, 4) is 0 Å². The van der Waals surface area contributed by atoms with Crippen molar-refractivity contribution in [2.24, 2.45) is 5.73 Å². The molecule has 0 fully saturated rings. The van der Waals surface area contributed by atoms with Crippen molar-refractivity contribution in [1.82, 2.24) is 10.3 Å². The van der Waals surface area contributed by atoms with E-state index in [2.05, 4.69) is 10.3 Å². The molecule has 1 aromatic heterocycles. The minimum Gasteiger partial charge on any atom is -0.465 e. The monoisotopic (exact) mass is 237 g/mol. The van der Waals surface area contributed by atoms with Crippen molar-refractivity contribution in [3.05, 3.63) is 35.8 Å². The van der Waals surface area contributed by atoms with Gasteiger partial charge in [0.25, 0.3) is 0 Å². The highest BCUT2D eigenvalue weighted by molar-refractivity contribution is 5.83. The molecule has 5 N–H and O–H groups in total. The number of nitrogens with two attached hydrogens (primary N) is 1. The first-order valence-electron chi connectivity index (χ1n) is 5.07. The van der Waals surface area contributed by atoms with Gasteiger partial charge in [-0.3, -0.25) is 0 Å². The fourth-order valence-corrected chi connectivity index (χ4v) is 1.73. The van der Waals surface area contributed by atoms with Gasteiger partial charge in [-0.2, -0.15) is 0 Å². The molecule has 1 heterocycles. The van der Waals surface area contributed by atoms with Crippen LogP contribution in [0.5, 0.6) is 0 Å². The van der Waals surface area contributed by atoms with E-state index < -0.39 is 12.1 Å². The molecule has 2 aromatic rings. The Morgan fingerprint density at radius 1 is 1.59 bits per heavy atom. The normalized spacial score (nSPS) is 12.6. The zero-order chi connectivity index (χ0) is 12.4. The Hall–Kier alpha value is -2.08. The summed E-state index contributed by atoms with van der Waals surface area (Å²) < 4.78 is 13.0. The van der Waals surface area contributed by atoms with E-state index in [1.54, 1.807) is 12.3 Å². The lowest BCUT2D eigenvalue weighted by molar-refractivity contribution is 0.193. The van der Waals surface area contributed by atoms with Crippen molar-refractivity contribution in [1.29, 1.82) is 0 Å². The molecule has 0 bridgehead atoms. The number of carboxylic acid groups (broad SMARTS) is 1. The third-order valence-corrected chi connectivity index (χ3v) is 2.55. The summed E-state index contributed by atoms with van der Waals surface area (Å²) in [5.74, 6) is -0.330. The zero-order valence-electron chi connectivity index (χ0n) is 8.90. The van der Waals surface area contributed by atoms with Gasteiger partial charge >= 0.3 is 6.09 Å². The summed E-state index contributed by atoms with van der Waals surface area (Å²) in [6.45, 7) is 0.111. The molecule has 1 aromatic carbocycles. The number of aromatic amines is 1. The maximum atomic E-state index is 13.0. The van der Waals surface area contributed by atoms with Crippen LogP contribution < -0.4 is 11.1 Å². The number of carbonyl (C=O) groups is 1. The summed E-state index contributed by atoms with van der Waals surface area (Å²) >= 11 is 0. The number of fused-ring (bicyclic) bond motifs is 1. The Bertz CT molecular complexity index is 553. The predicted octanol–water partition coefficient (Wildman–Crippen LogP) is 1.57. The number of H-pyrrole nitrogens is 1. The first kappa shape index (κ1) is 11.4. The van der Waals surface area contributed by atoms with Crippen LogP contribution in [-0.2, 0) is 0 Å². The van der Waals surface area contributed by atoms with Gasteiger partial charge in [0.1, 0.15) is 5.82 Å². The standard InChI is InChI=1S/C11H12FN3O2/c12-6-1-2-7-8(4-14-10(7)3-6)9(13)5-15-11(16)17/h1-4,9,14-15H,5,13H2,(H,16,17). The quantitative estimate of drug-likeness (QED) is 0.653. The maximum Gasteiger partial charge on any atom is 0.404 e. The second-order valence-corrected chi connectivity index (χ2v) is 3.73. The highest BCUT2D eigenvalue weighted by Crippen LogP contribution is 2.23. The highest BCUT2D eigenvalue weighted by Gasteiger charge is 2.12. The first-order chi connectivity index (χ1) is 8.08. The molecular weight excluding hydrogens is 225 g/mol. The van der Waals surface area contributed by atoms with Gasteiger partial charge in [0, 0.05) is 29.7 Å². The number of benzene rings is 1. The number of aromatic nitrogens is 1. The maximum absolute atomic E-state index is 13.0. The third kappa shape index (κ3) is 2.36. The summed E-state index contributed by atoms with van der Waals surface area (Å²) in [6, 6.07) is 3.87. The highest BCUT2D eigenvalue weighted by atomic mass is 19.1. The minimum absolute atomic E-state index is 0.111. The molecule has 1 amide bonds. The van der Waals surface area contributed by atoms with Crippen LogP contribution in [0.3, 0.4) is 0 Å². The number of nitrogens with one attached hydrogen (secondary N) is 2. The molecule has 6 heteroatoms. The van der Waals surface area contributed by atoms with E-state index in [-0.39, 0.29) is 12.4 Å². The fourth-order valence-electron chi connectivity index (χ4n) is 1.73. The lowest BCUT2D eigenvalue weighted by Gasteiger charge is -2.10. The Balaban J connectivity index is 2.26. The van der Waals surface area contributed by atoms with E-state index in [1.807, 2.05) is 0 Å². The smallest absolute Gasteiger partial charge is 0.404 e. The molecule has 5 nitrogen and oxygen atoms in total. The Kier molecular flexibility index (Phi) is 2.97. The third-order valence-electron chi connectivity index (χ3n) is 2.55. The second kappa shape index (κ2) is 4.42. The van der Waals surface area contributed by atoms with Crippen LogP contribution >= 0.6 is 0 Å². The number of hydrogen-bond donors (Lipinski definition) is 4. The van der Waals surface area contributed by atoms with Crippen LogP contribution in [-0.4, -0.2) is 22.7 Å². The summed E-state index contributed by atoms with van der Waals surface area (Å²) in [5.41, 5.74) is 7.25. The summed E-state index contributed by atoms with van der Waals surface area (Å²) in [7, 11) is 0. The molecule has 2 rings (SSSR count). The van der Waals surface area contributed by atoms with Crippen molar-refractivity contribution in [2.45, 2.75) is 6.04 Å². The van der Waals surface area contributed by atoms with Gasteiger partial charge in [0.15, 0.2) is 0 Å². The fraction of sp³-hybridized carbons (Fsp3) is 0.182. The molecule has 0 aliphatic rings. The van der Waals surface area contributed by atoms with E-state index in [0.29, 0.717) is 5.52 Å². The average Bonchev–Trinajstić information content (AvgIpc) is 2.68. The van der Waals surface area contributed by atoms with Crippen LogP contribution in [0.2, 0.25) is 0 Å². The Morgan fingerprint density at radius 2 is 2.35 bits per heavy atom. The molecule has 0 saturated heterocycles. The molecule has 0 aliphatic heterocycles. The number of hydrogen-bond acceptors (Lipinski definition) is 2. The summed E-state index contributed by atoms with van der Waals surface area (Å²) in [5, 5.41) is 11.5. The lowest BCUT2D eigenvalue weighted by atomic mass is 10.1. The molecule has 0 radical (unpaired) electrons. The average molecular weight is 237 g/mol. The SMILES string of the molecule is NC(CNC(=O)O)c1c[nH]c2cc(F)ccc12. The molecule has 17 heavy (non-hydrogen) atoms. The van der Waals surface area contributed by atoms with E-state index in [9.17, 15) is 9.18 Å². The van der Waals surface area contributed by atoms with Crippen LogP contribution in [0.4, 0.5) is 9.18 Å². The van der Waals surface area contributed by atoms with Crippen molar-refractivity contribution in [2.75, 3.05) is 6.54 Å². The van der Waals surface area contributed by atoms with Crippen LogP contribution in [0.25, 0.3) is 10.9 Å². The molecule has 1 atom stereocenters. The molecule has 0 spiro atoms. The van der Waals surface area contributed by atoms with Crippen LogP contribution in [0.15, 0.2) is 24.4 Å².